The van der Waals surface area contributed by atoms with E-state index in [1.807, 2.05) is 30.3 Å². The fraction of sp³-hybridized carbons (Fsp3) is 0.235. The molecule has 2 heterocycles. The lowest BCUT2D eigenvalue weighted by Crippen LogP contribution is -2.29. The summed E-state index contributed by atoms with van der Waals surface area (Å²) in [7, 11) is 0. The number of hydrogen-bond acceptors (Lipinski definition) is 6. The predicted molar refractivity (Wildman–Crippen MR) is 87.6 cm³/mol. The summed E-state index contributed by atoms with van der Waals surface area (Å²) in [4.78, 5) is 31.0. The van der Waals surface area contributed by atoms with Gasteiger partial charge in [-0.15, -0.1) is 0 Å². The number of fused-ring (bicyclic) bond motifs is 1. The highest BCUT2D eigenvalue weighted by Gasteiger charge is 2.34. The molecule has 1 aromatic carbocycles. The third-order valence-electron chi connectivity index (χ3n) is 3.70. The van der Waals surface area contributed by atoms with Crippen molar-refractivity contribution in [1.29, 1.82) is 0 Å². The minimum Gasteiger partial charge on any atom is -0.434 e. The molecule has 0 bridgehead atoms. The van der Waals surface area contributed by atoms with E-state index in [9.17, 15) is 9.59 Å². The van der Waals surface area contributed by atoms with Crippen molar-refractivity contribution in [2.24, 2.45) is 0 Å². The lowest BCUT2D eigenvalue weighted by Gasteiger charge is -2.28. The Hall–Kier alpha value is -3.09. The molecule has 124 valence electrons. The number of carbonyl (C=O) groups is 1. The van der Waals surface area contributed by atoms with E-state index in [0.29, 0.717) is 22.8 Å². The third kappa shape index (κ3) is 2.88. The maximum Gasteiger partial charge on any atom is 0.513 e. The summed E-state index contributed by atoms with van der Waals surface area (Å²) in [6, 6.07) is 9.33. The van der Waals surface area contributed by atoms with Crippen LogP contribution in [0.4, 0.5) is 10.6 Å². The Morgan fingerprint density at radius 1 is 1.29 bits per heavy atom. The van der Waals surface area contributed by atoms with Gasteiger partial charge in [-0.1, -0.05) is 30.3 Å². The van der Waals surface area contributed by atoms with Crippen LogP contribution in [0.25, 0.3) is 0 Å². The van der Waals surface area contributed by atoms with Gasteiger partial charge >= 0.3 is 6.16 Å². The Kier molecular flexibility index (Phi) is 4.33. The minimum absolute atomic E-state index is 0.202. The van der Waals surface area contributed by atoms with Crippen LogP contribution >= 0.6 is 0 Å². The van der Waals surface area contributed by atoms with Crippen molar-refractivity contribution in [2.45, 2.75) is 19.8 Å². The number of nitrogens with zero attached hydrogens (tertiary/aromatic N) is 1. The molecule has 0 saturated carbocycles. The second-order valence-corrected chi connectivity index (χ2v) is 5.24. The molecule has 1 aliphatic rings. The number of anilines is 1. The topological polar surface area (TPSA) is 93.3 Å². The number of aromatic amines is 1. The van der Waals surface area contributed by atoms with Gasteiger partial charge in [0.25, 0.3) is 5.56 Å². The number of carbonyl (C=O) groups excluding carboxylic acids is 1. The molecule has 1 atom stereocenters. The maximum atomic E-state index is 12.4. The molecular weight excluding hydrogens is 310 g/mol. The number of H-pyrrole nitrogens is 1. The summed E-state index contributed by atoms with van der Waals surface area (Å²) in [5, 5.41) is 3.01. The molecule has 0 aliphatic carbocycles. The molecule has 0 fully saturated rings. The lowest BCUT2D eigenvalue weighted by molar-refractivity contribution is 0.0777. The molecule has 24 heavy (non-hydrogen) atoms. The normalized spacial score (nSPS) is 16.2. The predicted octanol–water partition coefficient (Wildman–Crippen LogP) is 2.73. The number of benzene rings is 1. The van der Waals surface area contributed by atoms with Crippen molar-refractivity contribution in [2.75, 3.05) is 11.9 Å². The molecule has 2 N–H and O–H groups in total. The highest BCUT2D eigenvalue weighted by Crippen LogP contribution is 2.39. The Morgan fingerprint density at radius 2 is 2.04 bits per heavy atom. The Balaban J connectivity index is 2.14. The summed E-state index contributed by atoms with van der Waals surface area (Å²) < 4.78 is 10.3. The first-order chi connectivity index (χ1) is 11.6. The molecule has 2 aromatic rings. The summed E-state index contributed by atoms with van der Waals surface area (Å²) in [6.07, 6.45) is 0.527. The number of hydrogen-bond donors (Lipinski definition) is 2. The van der Waals surface area contributed by atoms with Crippen molar-refractivity contribution >= 4 is 12.0 Å². The number of ether oxygens (including phenoxy) is 2. The average molecular weight is 327 g/mol. The largest absolute Gasteiger partial charge is 0.513 e. The van der Waals surface area contributed by atoms with Gasteiger partial charge < -0.3 is 19.8 Å². The standard InChI is InChI=1S/C17H17N3O4/c1-3-23-17(22)24-14-10(2)20-15-13(16(21)19-9-18-15)12(14)11-7-5-4-6-8-11/h4-9,12H,3H2,1-2H3,(H2,18,19,20,21). The van der Waals surface area contributed by atoms with Gasteiger partial charge in [-0.05, 0) is 19.4 Å². The van der Waals surface area contributed by atoms with Gasteiger partial charge in [0.15, 0.2) is 0 Å². The van der Waals surface area contributed by atoms with Gasteiger partial charge in [-0.3, -0.25) is 4.79 Å². The zero-order valence-electron chi connectivity index (χ0n) is 13.3. The Labute approximate surface area is 138 Å². The van der Waals surface area contributed by atoms with Gasteiger partial charge in [0.1, 0.15) is 11.6 Å². The first kappa shape index (κ1) is 15.8. The first-order valence-electron chi connectivity index (χ1n) is 7.56. The number of nitrogens with one attached hydrogen (secondary N) is 2. The summed E-state index contributed by atoms with van der Waals surface area (Å²) in [5.74, 6) is 0.219. The smallest absolute Gasteiger partial charge is 0.434 e. The van der Waals surface area contributed by atoms with Crippen molar-refractivity contribution in [1.82, 2.24) is 9.97 Å². The maximum absolute atomic E-state index is 12.4. The van der Waals surface area contributed by atoms with Crippen LogP contribution in [0.5, 0.6) is 0 Å². The van der Waals surface area contributed by atoms with E-state index in [2.05, 4.69) is 15.3 Å². The fourth-order valence-corrected chi connectivity index (χ4v) is 2.70. The first-order valence-corrected chi connectivity index (χ1v) is 7.56. The van der Waals surface area contributed by atoms with Crippen LogP contribution in [0.1, 0.15) is 30.9 Å². The Morgan fingerprint density at radius 3 is 2.75 bits per heavy atom. The van der Waals surface area contributed by atoms with Crippen LogP contribution in [-0.4, -0.2) is 22.7 Å². The zero-order valence-corrected chi connectivity index (χ0v) is 13.3. The molecule has 0 spiro atoms. The summed E-state index contributed by atoms with van der Waals surface area (Å²) >= 11 is 0. The molecule has 0 saturated heterocycles. The summed E-state index contributed by atoms with van der Waals surface area (Å²) in [6.45, 7) is 3.66. The van der Waals surface area contributed by atoms with Gasteiger partial charge in [0.05, 0.1) is 30.1 Å². The highest BCUT2D eigenvalue weighted by atomic mass is 16.7. The highest BCUT2D eigenvalue weighted by molar-refractivity contribution is 5.66. The second-order valence-electron chi connectivity index (χ2n) is 5.24. The molecule has 0 amide bonds. The van der Waals surface area contributed by atoms with Crippen LogP contribution in [0.2, 0.25) is 0 Å². The summed E-state index contributed by atoms with van der Waals surface area (Å²) in [5.41, 5.74) is 1.52. The van der Waals surface area contributed by atoms with Gasteiger partial charge in [-0.25, -0.2) is 9.78 Å². The second kappa shape index (κ2) is 6.57. The Bertz CT molecular complexity index is 842. The number of rotatable bonds is 3. The zero-order chi connectivity index (χ0) is 17.1. The molecule has 1 unspecified atom stereocenters. The van der Waals surface area contributed by atoms with E-state index in [0.717, 1.165) is 5.56 Å². The lowest BCUT2D eigenvalue weighted by atomic mass is 9.87. The van der Waals surface area contributed by atoms with Crippen LogP contribution < -0.4 is 10.9 Å². The van der Waals surface area contributed by atoms with Gasteiger partial charge in [0, 0.05) is 0 Å². The van der Waals surface area contributed by atoms with Crippen LogP contribution in [0.15, 0.2) is 52.9 Å². The van der Waals surface area contributed by atoms with Crippen molar-refractivity contribution in [3.05, 3.63) is 69.6 Å². The SMILES string of the molecule is CCOC(=O)OC1=C(C)Nc2nc[nH]c(=O)c2C1c1ccccc1. The molecule has 3 rings (SSSR count). The van der Waals surface area contributed by atoms with E-state index < -0.39 is 12.1 Å². The quantitative estimate of drug-likeness (QED) is 0.842. The molecule has 0 radical (unpaired) electrons. The van der Waals surface area contributed by atoms with E-state index in [-0.39, 0.29) is 12.2 Å². The molecular formula is C17H17N3O4. The van der Waals surface area contributed by atoms with Crippen molar-refractivity contribution < 1.29 is 14.3 Å². The van der Waals surface area contributed by atoms with E-state index in [1.165, 1.54) is 6.33 Å². The molecule has 7 nitrogen and oxygen atoms in total. The molecule has 1 aromatic heterocycles. The van der Waals surface area contributed by atoms with Crippen molar-refractivity contribution in [3.8, 4) is 0 Å². The number of allylic oxidation sites excluding steroid dienone is 2. The van der Waals surface area contributed by atoms with Gasteiger partial charge in [-0.2, -0.15) is 0 Å². The molecule has 7 heteroatoms. The van der Waals surface area contributed by atoms with Crippen LogP contribution in [0, 0.1) is 0 Å². The van der Waals surface area contributed by atoms with E-state index >= 15 is 0 Å². The molecule has 1 aliphatic heterocycles. The van der Waals surface area contributed by atoms with Crippen LogP contribution in [0.3, 0.4) is 0 Å². The van der Waals surface area contributed by atoms with E-state index in [4.69, 9.17) is 9.47 Å². The minimum atomic E-state index is -0.807. The van der Waals surface area contributed by atoms with Crippen molar-refractivity contribution in [3.63, 3.8) is 0 Å². The third-order valence-corrected chi connectivity index (χ3v) is 3.70. The van der Waals surface area contributed by atoms with E-state index in [1.54, 1.807) is 13.8 Å². The monoisotopic (exact) mass is 327 g/mol. The van der Waals surface area contributed by atoms with Gasteiger partial charge in [0.2, 0.25) is 0 Å². The fourth-order valence-electron chi connectivity index (χ4n) is 2.70. The van der Waals surface area contributed by atoms with Crippen LogP contribution in [-0.2, 0) is 9.47 Å². The number of aromatic nitrogens is 2. The average Bonchev–Trinajstić information content (AvgIpc) is 2.57.